The van der Waals surface area contributed by atoms with Crippen LogP contribution in [0.5, 0.6) is 0 Å². The Balaban J connectivity index is 1.77. The first-order valence-electron chi connectivity index (χ1n) is 8.56. The van der Waals surface area contributed by atoms with E-state index in [4.69, 9.17) is 4.42 Å². The van der Waals surface area contributed by atoms with Crippen LogP contribution in [-0.2, 0) is 28.3 Å². The van der Waals surface area contributed by atoms with Crippen LogP contribution in [0.2, 0.25) is 0 Å². The Labute approximate surface area is 169 Å². The molecular weight excluding hydrogens is 426 g/mol. The predicted molar refractivity (Wildman–Crippen MR) is 98.6 cm³/mol. The summed E-state index contributed by atoms with van der Waals surface area (Å²) in [5.41, 5.74) is -1.50. The average Bonchev–Trinajstić information content (AvgIpc) is 3.14. The summed E-state index contributed by atoms with van der Waals surface area (Å²) in [5.74, 6) is -2.81. The van der Waals surface area contributed by atoms with Crippen molar-refractivity contribution < 1.29 is 35.2 Å². The van der Waals surface area contributed by atoms with Gasteiger partial charge < -0.3 is 9.73 Å². The van der Waals surface area contributed by atoms with Crippen molar-refractivity contribution in [2.24, 2.45) is 0 Å². The molecule has 0 saturated carbocycles. The molecule has 0 aliphatic rings. The zero-order chi connectivity index (χ0) is 21.9. The van der Waals surface area contributed by atoms with Gasteiger partial charge in [0.15, 0.2) is 15.6 Å². The van der Waals surface area contributed by atoms with Gasteiger partial charge in [-0.3, -0.25) is 4.79 Å². The van der Waals surface area contributed by atoms with Gasteiger partial charge in [-0.2, -0.15) is 13.2 Å². The van der Waals surface area contributed by atoms with Gasteiger partial charge in [-0.1, -0.05) is 24.3 Å². The fourth-order valence-corrected chi connectivity index (χ4v) is 4.16. The number of hydrogen-bond donors (Lipinski definition) is 1. The Morgan fingerprint density at radius 3 is 2.37 bits per heavy atom. The molecule has 10 heteroatoms. The molecule has 1 heterocycles. The van der Waals surface area contributed by atoms with Crippen molar-refractivity contribution in [3.8, 4) is 0 Å². The minimum Gasteiger partial charge on any atom is -0.459 e. The second kappa shape index (κ2) is 8.31. The van der Waals surface area contributed by atoms with Gasteiger partial charge in [0, 0.05) is 12.1 Å². The van der Waals surface area contributed by atoms with Crippen molar-refractivity contribution in [3.05, 3.63) is 89.1 Å². The highest BCUT2D eigenvalue weighted by atomic mass is 32.2. The van der Waals surface area contributed by atoms with E-state index < -0.39 is 45.6 Å². The van der Waals surface area contributed by atoms with Crippen LogP contribution in [0.25, 0.3) is 0 Å². The summed E-state index contributed by atoms with van der Waals surface area (Å²) >= 11 is 0. The first-order chi connectivity index (χ1) is 14.1. The van der Waals surface area contributed by atoms with E-state index in [1.165, 1.54) is 18.2 Å². The van der Waals surface area contributed by atoms with Gasteiger partial charge in [0.2, 0.25) is 0 Å². The van der Waals surface area contributed by atoms with Gasteiger partial charge >= 0.3 is 6.18 Å². The van der Waals surface area contributed by atoms with Gasteiger partial charge in [0.05, 0.1) is 22.5 Å². The summed E-state index contributed by atoms with van der Waals surface area (Å²) in [5, 5.41) is 2.25. The van der Waals surface area contributed by atoms with Crippen LogP contribution in [0, 0.1) is 5.82 Å². The number of carbonyl (C=O) groups is 1. The van der Waals surface area contributed by atoms with E-state index in [1.807, 2.05) is 0 Å². The molecule has 0 unspecified atom stereocenters. The molecular formula is C20H15F4NO4S. The van der Waals surface area contributed by atoms with E-state index in [0.29, 0.717) is 6.07 Å². The zero-order valence-corrected chi connectivity index (χ0v) is 16.1. The lowest BCUT2D eigenvalue weighted by Crippen LogP contribution is -2.25. The first kappa shape index (κ1) is 21.6. The highest BCUT2D eigenvalue weighted by Crippen LogP contribution is 2.32. The first-order valence-corrected chi connectivity index (χ1v) is 10.2. The summed E-state index contributed by atoms with van der Waals surface area (Å²) in [7, 11) is -3.77. The molecule has 0 aliphatic carbocycles. The van der Waals surface area contributed by atoms with Crippen molar-refractivity contribution >= 4 is 15.7 Å². The lowest BCUT2D eigenvalue weighted by Gasteiger charge is -2.13. The third-order valence-electron chi connectivity index (χ3n) is 4.22. The maximum absolute atomic E-state index is 13.2. The molecule has 0 spiro atoms. The number of halogens is 4. The Morgan fingerprint density at radius 1 is 1.00 bits per heavy atom. The van der Waals surface area contributed by atoms with Crippen LogP contribution in [0.3, 0.4) is 0 Å². The van der Waals surface area contributed by atoms with E-state index in [0.717, 1.165) is 18.4 Å². The van der Waals surface area contributed by atoms with E-state index in [9.17, 15) is 30.8 Å². The highest BCUT2D eigenvalue weighted by molar-refractivity contribution is 7.90. The van der Waals surface area contributed by atoms with Crippen LogP contribution in [0.1, 0.15) is 27.2 Å². The average molecular weight is 441 g/mol. The minimum atomic E-state index is -4.80. The van der Waals surface area contributed by atoms with Gasteiger partial charge in [-0.05, 0) is 35.9 Å². The van der Waals surface area contributed by atoms with Crippen molar-refractivity contribution in [2.45, 2.75) is 23.4 Å². The lowest BCUT2D eigenvalue weighted by molar-refractivity contribution is -0.138. The number of rotatable bonds is 6. The van der Waals surface area contributed by atoms with E-state index in [-0.39, 0.29) is 21.8 Å². The summed E-state index contributed by atoms with van der Waals surface area (Å²) in [6, 6.07) is 11.0. The molecule has 3 aromatic rings. The van der Waals surface area contributed by atoms with Gasteiger partial charge in [-0.25, -0.2) is 12.8 Å². The van der Waals surface area contributed by atoms with Crippen molar-refractivity contribution in [1.82, 2.24) is 5.32 Å². The Hall–Kier alpha value is -3.14. The quantitative estimate of drug-likeness (QED) is 0.578. The normalized spacial score (nSPS) is 12.0. The molecule has 1 aromatic heterocycles. The second-order valence-corrected chi connectivity index (χ2v) is 8.32. The van der Waals surface area contributed by atoms with Crippen molar-refractivity contribution in [2.75, 3.05) is 0 Å². The van der Waals surface area contributed by atoms with Gasteiger partial charge in [0.25, 0.3) is 5.91 Å². The number of benzene rings is 2. The monoisotopic (exact) mass is 441 g/mol. The van der Waals surface area contributed by atoms with E-state index in [2.05, 4.69) is 5.32 Å². The standard InChI is InChI=1S/C20H15F4NO4S/c21-15-7-6-13(17(10-15)20(22,23)24)11-25-19(26)18-14(8-9-29-18)12-30(27,28)16-4-2-1-3-5-16/h1-10H,11-12H2,(H,25,26). The summed E-state index contributed by atoms with van der Waals surface area (Å²) in [4.78, 5) is 12.4. The third-order valence-corrected chi connectivity index (χ3v) is 5.90. The number of amides is 1. The van der Waals surface area contributed by atoms with Crippen molar-refractivity contribution in [3.63, 3.8) is 0 Å². The SMILES string of the molecule is O=C(NCc1ccc(F)cc1C(F)(F)F)c1occc1CS(=O)(=O)c1ccccc1. The van der Waals surface area contributed by atoms with Crippen LogP contribution in [0.15, 0.2) is 70.2 Å². The van der Waals surface area contributed by atoms with Crippen LogP contribution >= 0.6 is 0 Å². The molecule has 3 rings (SSSR count). The van der Waals surface area contributed by atoms with Crippen LogP contribution in [-0.4, -0.2) is 14.3 Å². The zero-order valence-electron chi connectivity index (χ0n) is 15.2. The molecule has 30 heavy (non-hydrogen) atoms. The smallest absolute Gasteiger partial charge is 0.416 e. The van der Waals surface area contributed by atoms with Crippen LogP contribution in [0.4, 0.5) is 17.6 Å². The lowest BCUT2D eigenvalue weighted by atomic mass is 10.1. The van der Waals surface area contributed by atoms with Gasteiger partial charge in [0.1, 0.15) is 5.82 Å². The highest BCUT2D eigenvalue weighted by Gasteiger charge is 2.34. The maximum Gasteiger partial charge on any atom is 0.416 e. The molecule has 1 N–H and O–H groups in total. The largest absolute Gasteiger partial charge is 0.459 e. The Morgan fingerprint density at radius 2 is 1.70 bits per heavy atom. The molecule has 0 atom stereocenters. The molecule has 0 saturated heterocycles. The number of furan rings is 1. The summed E-state index contributed by atoms with van der Waals surface area (Å²) in [6.45, 7) is -0.556. The number of alkyl halides is 3. The number of hydrogen-bond acceptors (Lipinski definition) is 4. The van der Waals surface area contributed by atoms with E-state index >= 15 is 0 Å². The molecule has 5 nitrogen and oxygen atoms in total. The number of sulfone groups is 1. The Bertz CT molecular complexity index is 1160. The summed E-state index contributed by atoms with van der Waals surface area (Å²) in [6.07, 6.45) is -3.69. The molecule has 0 radical (unpaired) electrons. The second-order valence-electron chi connectivity index (χ2n) is 6.33. The topological polar surface area (TPSA) is 76.4 Å². The molecule has 0 aliphatic heterocycles. The molecule has 1 amide bonds. The fourth-order valence-electron chi connectivity index (χ4n) is 2.79. The number of carbonyl (C=O) groups excluding carboxylic acids is 1. The summed E-state index contributed by atoms with van der Waals surface area (Å²) < 4.78 is 82.5. The van der Waals surface area contributed by atoms with Crippen LogP contribution < -0.4 is 5.32 Å². The maximum atomic E-state index is 13.2. The van der Waals surface area contributed by atoms with Gasteiger partial charge in [-0.15, -0.1) is 0 Å². The Kier molecular flexibility index (Phi) is 5.97. The third kappa shape index (κ3) is 4.88. The fraction of sp³-hybridized carbons (Fsp3) is 0.150. The molecule has 0 fully saturated rings. The van der Waals surface area contributed by atoms with Crippen molar-refractivity contribution in [1.29, 1.82) is 0 Å². The molecule has 2 aromatic carbocycles. The minimum absolute atomic E-state index is 0.0543. The predicted octanol–water partition coefficient (Wildman–Crippen LogP) is 4.34. The number of nitrogens with one attached hydrogen (secondary N) is 1. The molecule has 0 bridgehead atoms. The van der Waals surface area contributed by atoms with E-state index in [1.54, 1.807) is 18.2 Å². The molecule has 158 valence electrons.